The molecule has 2 aromatic carbocycles. The molecule has 2 heterocycles. The van der Waals surface area contributed by atoms with Crippen molar-refractivity contribution in [1.82, 2.24) is 15.2 Å². The fraction of sp³-hybridized carbons (Fsp3) is 0.238. The van der Waals surface area contributed by atoms with Crippen LogP contribution in [-0.4, -0.2) is 53.7 Å². The standard InChI is InChI=1S/C21H19ClN4O4/c1-30-16-8-4-14(5-9-16)18-10-17(13-2-6-15(22)7-3-13)24-26(18)20(28)12-25-19(27)11-23-21(25)29/h2-9,18H,10-12H2,1H3,(H,23,29). The molecule has 0 spiro atoms. The van der Waals surface area contributed by atoms with Gasteiger partial charge in [-0.25, -0.2) is 9.80 Å². The molecule has 2 aliphatic heterocycles. The Kier molecular flexibility index (Phi) is 5.41. The van der Waals surface area contributed by atoms with E-state index in [-0.39, 0.29) is 19.1 Å². The number of hydrogen-bond donors (Lipinski definition) is 1. The van der Waals surface area contributed by atoms with Gasteiger partial charge in [-0.1, -0.05) is 35.9 Å². The van der Waals surface area contributed by atoms with Crippen LogP contribution in [0.2, 0.25) is 5.02 Å². The van der Waals surface area contributed by atoms with Crippen LogP contribution in [0.1, 0.15) is 23.6 Å². The average Bonchev–Trinajstić information content (AvgIpc) is 3.34. The second-order valence-electron chi connectivity index (χ2n) is 6.92. The molecule has 1 N–H and O–H groups in total. The van der Waals surface area contributed by atoms with Crippen LogP contribution in [-0.2, 0) is 9.59 Å². The van der Waals surface area contributed by atoms with Crippen LogP contribution in [0.4, 0.5) is 4.79 Å². The molecule has 4 amide bonds. The molecule has 0 aliphatic carbocycles. The molecule has 4 rings (SSSR count). The molecule has 1 saturated heterocycles. The summed E-state index contributed by atoms with van der Waals surface area (Å²) in [5.74, 6) is -0.173. The van der Waals surface area contributed by atoms with Gasteiger partial charge in [0.1, 0.15) is 12.3 Å². The number of hydrazone groups is 1. The summed E-state index contributed by atoms with van der Waals surface area (Å²) < 4.78 is 5.21. The first kappa shape index (κ1) is 19.9. The van der Waals surface area contributed by atoms with E-state index in [1.807, 2.05) is 36.4 Å². The lowest BCUT2D eigenvalue weighted by Crippen LogP contribution is -2.41. The molecule has 154 valence electrons. The van der Waals surface area contributed by atoms with Gasteiger partial charge in [0.15, 0.2) is 0 Å². The van der Waals surface area contributed by atoms with Gasteiger partial charge in [0.05, 0.1) is 25.4 Å². The summed E-state index contributed by atoms with van der Waals surface area (Å²) in [5, 5.41) is 8.91. The third-order valence-electron chi connectivity index (χ3n) is 5.07. The fourth-order valence-corrected chi connectivity index (χ4v) is 3.59. The third kappa shape index (κ3) is 3.86. The maximum atomic E-state index is 13.0. The van der Waals surface area contributed by atoms with Gasteiger partial charge in [0, 0.05) is 11.4 Å². The summed E-state index contributed by atoms with van der Waals surface area (Å²) in [6.45, 7) is -0.470. The highest BCUT2D eigenvalue weighted by Crippen LogP contribution is 2.34. The van der Waals surface area contributed by atoms with Crippen molar-refractivity contribution in [2.24, 2.45) is 5.10 Å². The summed E-state index contributed by atoms with van der Waals surface area (Å²) in [6, 6.07) is 13.7. The number of halogens is 1. The number of nitrogens with one attached hydrogen (secondary N) is 1. The number of benzene rings is 2. The van der Waals surface area contributed by atoms with Crippen molar-refractivity contribution >= 4 is 35.2 Å². The molecule has 1 atom stereocenters. The SMILES string of the molecule is COc1ccc(C2CC(c3ccc(Cl)cc3)=NN2C(=O)CN2C(=O)CNC2=O)cc1. The zero-order valence-electron chi connectivity index (χ0n) is 16.2. The van der Waals surface area contributed by atoms with E-state index in [1.165, 1.54) is 5.01 Å². The largest absolute Gasteiger partial charge is 0.497 e. The van der Waals surface area contributed by atoms with Crippen molar-refractivity contribution in [3.05, 3.63) is 64.7 Å². The van der Waals surface area contributed by atoms with Crippen LogP contribution in [0.15, 0.2) is 53.6 Å². The van der Waals surface area contributed by atoms with E-state index in [0.29, 0.717) is 17.2 Å². The number of nitrogens with zero attached hydrogens (tertiary/aromatic N) is 3. The molecule has 1 unspecified atom stereocenters. The van der Waals surface area contributed by atoms with Gasteiger partial charge in [-0.2, -0.15) is 5.10 Å². The van der Waals surface area contributed by atoms with E-state index >= 15 is 0 Å². The first-order valence-corrected chi connectivity index (χ1v) is 9.71. The van der Waals surface area contributed by atoms with Gasteiger partial charge in [-0.3, -0.25) is 14.5 Å². The van der Waals surface area contributed by atoms with Crippen LogP contribution in [0.3, 0.4) is 0 Å². The van der Waals surface area contributed by atoms with Crippen molar-refractivity contribution in [1.29, 1.82) is 0 Å². The van der Waals surface area contributed by atoms with Gasteiger partial charge in [0.2, 0.25) is 0 Å². The van der Waals surface area contributed by atoms with Crippen molar-refractivity contribution in [3.8, 4) is 5.75 Å². The molecule has 2 aromatic rings. The Hall–Kier alpha value is -3.39. The Balaban J connectivity index is 1.63. The highest BCUT2D eigenvalue weighted by Gasteiger charge is 2.37. The van der Waals surface area contributed by atoms with E-state index in [0.717, 1.165) is 21.7 Å². The lowest BCUT2D eigenvalue weighted by Gasteiger charge is -2.23. The Bertz CT molecular complexity index is 1000. The number of hydrogen-bond acceptors (Lipinski definition) is 5. The predicted molar refractivity (Wildman–Crippen MR) is 110 cm³/mol. The maximum absolute atomic E-state index is 13.0. The van der Waals surface area contributed by atoms with E-state index in [9.17, 15) is 14.4 Å². The summed E-state index contributed by atoms with van der Waals surface area (Å²) in [5.41, 5.74) is 2.44. The van der Waals surface area contributed by atoms with Gasteiger partial charge >= 0.3 is 6.03 Å². The highest BCUT2D eigenvalue weighted by molar-refractivity contribution is 6.30. The molecule has 30 heavy (non-hydrogen) atoms. The fourth-order valence-electron chi connectivity index (χ4n) is 3.47. The average molecular weight is 427 g/mol. The van der Waals surface area contributed by atoms with E-state index < -0.39 is 17.8 Å². The van der Waals surface area contributed by atoms with Crippen LogP contribution >= 0.6 is 11.6 Å². The van der Waals surface area contributed by atoms with Crippen molar-refractivity contribution in [2.75, 3.05) is 20.2 Å². The van der Waals surface area contributed by atoms with E-state index in [2.05, 4.69) is 10.4 Å². The second-order valence-corrected chi connectivity index (χ2v) is 7.36. The van der Waals surface area contributed by atoms with Crippen LogP contribution in [0, 0.1) is 0 Å². The smallest absolute Gasteiger partial charge is 0.325 e. The van der Waals surface area contributed by atoms with E-state index in [1.54, 1.807) is 19.2 Å². The van der Waals surface area contributed by atoms with E-state index in [4.69, 9.17) is 16.3 Å². The monoisotopic (exact) mass is 426 g/mol. The number of rotatable bonds is 5. The lowest BCUT2D eigenvalue weighted by molar-refractivity contribution is -0.137. The van der Waals surface area contributed by atoms with Crippen molar-refractivity contribution < 1.29 is 19.1 Å². The molecule has 1 fully saturated rings. The van der Waals surface area contributed by atoms with Gasteiger partial charge in [0.25, 0.3) is 11.8 Å². The van der Waals surface area contributed by atoms with Gasteiger partial charge < -0.3 is 10.1 Å². The zero-order chi connectivity index (χ0) is 21.3. The molecular formula is C21H19ClN4O4. The van der Waals surface area contributed by atoms with Crippen LogP contribution < -0.4 is 10.1 Å². The van der Waals surface area contributed by atoms with Crippen molar-refractivity contribution in [2.45, 2.75) is 12.5 Å². The molecule has 2 aliphatic rings. The maximum Gasteiger partial charge on any atom is 0.325 e. The predicted octanol–water partition coefficient (Wildman–Crippen LogP) is 2.58. The molecule has 0 bridgehead atoms. The minimum Gasteiger partial charge on any atom is -0.497 e. The third-order valence-corrected chi connectivity index (χ3v) is 5.33. The lowest BCUT2D eigenvalue weighted by atomic mass is 9.98. The number of urea groups is 1. The quantitative estimate of drug-likeness (QED) is 0.744. The van der Waals surface area contributed by atoms with Crippen LogP contribution in [0.25, 0.3) is 0 Å². The molecular weight excluding hydrogens is 408 g/mol. The topological polar surface area (TPSA) is 91.3 Å². The number of carbonyl (C=O) groups is 3. The Labute approximate surface area is 178 Å². The number of ether oxygens (including phenoxy) is 1. The summed E-state index contributed by atoms with van der Waals surface area (Å²) in [6.07, 6.45) is 0.486. The normalized spacial score (nSPS) is 18.5. The zero-order valence-corrected chi connectivity index (χ0v) is 16.9. The van der Waals surface area contributed by atoms with Gasteiger partial charge in [-0.15, -0.1) is 0 Å². The Morgan fingerprint density at radius 3 is 2.47 bits per heavy atom. The Morgan fingerprint density at radius 2 is 1.87 bits per heavy atom. The minimum absolute atomic E-state index is 0.104. The summed E-state index contributed by atoms with van der Waals surface area (Å²) >= 11 is 5.98. The highest BCUT2D eigenvalue weighted by atomic mass is 35.5. The second kappa shape index (κ2) is 8.16. The first-order valence-electron chi connectivity index (χ1n) is 9.34. The summed E-state index contributed by atoms with van der Waals surface area (Å²) in [4.78, 5) is 37.7. The number of carbonyl (C=O) groups excluding carboxylic acids is 3. The van der Waals surface area contributed by atoms with Crippen molar-refractivity contribution in [3.63, 3.8) is 0 Å². The molecule has 8 nitrogen and oxygen atoms in total. The minimum atomic E-state index is -0.574. The molecule has 0 aromatic heterocycles. The number of imide groups is 1. The first-order chi connectivity index (χ1) is 14.5. The van der Waals surface area contributed by atoms with Gasteiger partial charge in [-0.05, 0) is 35.4 Å². The molecule has 9 heteroatoms. The summed E-state index contributed by atoms with van der Waals surface area (Å²) in [7, 11) is 1.58. The number of amides is 4. The number of methoxy groups -OCH3 is 1. The molecule has 0 saturated carbocycles. The van der Waals surface area contributed by atoms with Crippen LogP contribution in [0.5, 0.6) is 5.75 Å². The molecule has 0 radical (unpaired) electrons. The Morgan fingerprint density at radius 1 is 1.17 bits per heavy atom.